The zero-order valence-corrected chi connectivity index (χ0v) is 8.35. The number of rotatable bonds is 4. The van der Waals surface area contributed by atoms with E-state index < -0.39 is 28.4 Å². The lowest BCUT2D eigenvalue weighted by molar-refractivity contribution is -0.155. The fraction of sp³-hybridized carbons (Fsp3) is 0.833. The highest BCUT2D eigenvalue weighted by Crippen LogP contribution is 2.13. The normalized spacial score (nSPS) is 16.3. The third kappa shape index (κ3) is 4.79. The molecule has 0 spiro atoms. The number of halogens is 1. The van der Waals surface area contributed by atoms with Gasteiger partial charge < -0.3 is 4.74 Å². The summed E-state index contributed by atoms with van der Waals surface area (Å²) < 4.78 is 42.3. The van der Waals surface area contributed by atoms with Crippen molar-refractivity contribution in [3.05, 3.63) is 0 Å². The van der Waals surface area contributed by atoms with Gasteiger partial charge in [-0.25, -0.2) is 9.18 Å². The molecule has 0 N–H and O–H groups in total. The lowest BCUT2D eigenvalue weighted by atomic mass is 10.1. The van der Waals surface area contributed by atoms with Crippen molar-refractivity contribution < 1.29 is 26.5 Å². The molecule has 13 heavy (non-hydrogen) atoms. The number of alkyl halides is 1. The molecule has 0 aromatic rings. The first-order chi connectivity index (χ1) is 5.69. The maximum Gasteiger partial charge on any atom is 0.345 e. The molecule has 0 bridgehead atoms. The maximum absolute atomic E-state index is 13.2. The number of carbonyl (C=O) groups is 1. The van der Waals surface area contributed by atoms with Crippen molar-refractivity contribution in [2.45, 2.75) is 12.6 Å². The number of carbonyl (C=O) groups excluding carboxylic acids is 1. The van der Waals surface area contributed by atoms with Gasteiger partial charge in [-0.2, -0.15) is 8.42 Å². The molecule has 0 aliphatic carbocycles. The molecule has 0 rings (SSSR count). The molecule has 0 saturated carbocycles. The van der Waals surface area contributed by atoms with Gasteiger partial charge in [-0.1, -0.05) is 0 Å². The van der Waals surface area contributed by atoms with E-state index in [1.165, 1.54) is 0 Å². The Labute approximate surface area is 76.0 Å². The average Bonchev–Trinajstić information content (AvgIpc) is 1.98. The third-order valence-corrected chi connectivity index (χ3v) is 1.70. The van der Waals surface area contributed by atoms with Crippen LogP contribution < -0.4 is 0 Å². The number of hydrogen-bond donors (Lipinski definition) is 0. The molecule has 0 saturated heterocycles. The first-order valence-electron chi connectivity index (χ1n) is 3.31. The molecule has 0 aliphatic heterocycles. The first kappa shape index (κ1) is 12.3. The first-order valence-corrected chi connectivity index (χ1v) is 5.12. The molecule has 5 nitrogen and oxygen atoms in total. The smallest absolute Gasteiger partial charge is 0.345 e. The summed E-state index contributed by atoms with van der Waals surface area (Å²) in [4.78, 5) is 10.7. The molecule has 1 unspecified atom stereocenters. The van der Waals surface area contributed by atoms with E-state index in [0.29, 0.717) is 0 Å². The van der Waals surface area contributed by atoms with E-state index in [0.717, 1.165) is 20.3 Å². The van der Waals surface area contributed by atoms with Gasteiger partial charge in [0.25, 0.3) is 10.1 Å². The maximum atomic E-state index is 13.2. The molecule has 0 aliphatic rings. The van der Waals surface area contributed by atoms with Crippen LogP contribution in [-0.4, -0.2) is 40.0 Å². The largest absolute Gasteiger partial charge is 0.467 e. The Bertz CT molecular complexity index is 281. The van der Waals surface area contributed by atoms with Gasteiger partial charge in [-0.3, -0.25) is 4.18 Å². The highest BCUT2D eigenvalue weighted by Gasteiger charge is 2.35. The van der Waals surface area contributed by atoms with E-state index in [1.54, 1.807) is 0 Å². The number of methoxy groups -OCH3 is 1. The van der Waals surface area contributed by atoms with Crippen molar-refractivity contribution in [2.24, 2.45) is 0 Å². The minimum atomic E-state index is -3.75. The molecule has 0 radical (unpaired) electrons. The van der Waals surface area contributed by atoms with E-state index in [9.17, 15) is 17.6 Å². The number of ether oxygens (including phenoxy) is 1. The van der Waals surface area contributed by atoms with E-state index >= 15 is 0 Å². The monoisotopic (exact) mass is 214 g/mol. The molecule has 7 heteroatoms. The Hall–Kier alpha value is -0.690. The summed E-state index contributed by atoms with van der Waals surface area (Å²) in [6, 6.07) is 0. The Morgan fingerprint density at radius 3 is 2.31 bits per heavy atom. The second-order valence-corrected chi connectivity index (χ2v) is 4.30. The van der Waals surface area contributed by atoms with Crippen LogP contribution in [0.5, 0.6) is 0 Å². The SMILES string of the molecule is COC(=O)C(C)(F)COS(C)(=O)=O. The van der Waals surface area contributed by atoms with Gasteiger partial charge in [-0.15, -0.1) is 0 Å². The van der Waals surface area contributed by atoms with Crippen LogP contribution in [0.15, 0.2) is 0 Å². The molecule has 1 atom stereocenters. The van der Waals surface area contributed by atoms with Crippen molar-refractivity contribution in [2.75, 3.05) is 20.0 Å². The van der Waals surface area contributed by atoms with Gasteiger partial charge in [0.15, 0.2) is 0 Å². The topological polar surface area (TPSA) is 69.7 Å². The lowest BCUT2D eigenvalue weighted by Crippen LogP contribution is -2.37. The molecule has 78 valence electrons. The molecular formula is C6H11FO5S. The third-order valence-electron chi connectivity index (χ3n) is 1.16. The van der Waals surface area contributed by atoms with Gasteiger partial charge in [0.1, 0.15) is 6.61 Å². The van der Waals surface area contributed by atoms with Crippen LogP contribution in [-0.2, 0) is 23.8 Å². The fourth-order valence-corrected chi connectivity index (χ4v) is 0.925. The van der Waals surface area contributed by atoms with Gasteiger partial charge in [-0.05, 0) is 6.92 Å². The molecular weight excluding hydrogens is 203 g/mol. The molecule has 0 aromatic heterocycles. The summed E-state index contributed by atoms with van der Waals surface area (Å²) in [5, 5.41) is 0. The summed E-state index contributed by atoms with van der Waals surface area (Å²) in [5.74, 6) is -1.17. The second-order valence-electron chi connectivity index (χ2n) is 2.66. The summed E-state index contributed by atoms with van der Waals surface area (Å²) in [7, 11) is -2.75. The Morgan fingerprint density at radius 2 is 2.00 bits per heavy atom. The second kappa shape index (κ2) is 4.01. The van der Waals surface area contributed by atoms with Crippen molar-refractivity contribution in [3.8, 4) is 0 Å². The van der Waals surface area contributed by atoms with Gasteiger partial charge >= 0.3 is 5.97 Å². The minimum absolute atomic E-state index is 0.764. The fourth-order valence-electron chi connectivity index (χ4n) is 0.489. The molecule has 0 fully saturated rings. The van der Waals surface area contributed by atoms with Crippen LogP contribution in [0, 0.1) is 0 Å². The average molecular weight is 214 g/mol. The van der Waals surface area contributed by atoms with Gasteiger partial charge in [0, 0.05) is 0 Å². The zero-order valence-electron chi connectivity index (χ0n) is 7.53. The highest BCUT2D eigenvalue weighted by atomic mass is 32.2. The summed E-state index contributed by atoms with van der Waals surface area (Å²) in [5.41, 5.74) is -2.45. The van der Waals surface area contributed by atoms with Crippen LogP contribution in [0.25, 0.3) is 0 Å². The Balaban J connectivity index is 4.27. The number of hydrogen-bond acceptors (Lipinski definition) is 5. The van der Waals surface area contributed by atoms with Crippen molar-refractivity contribution in [1.82, 2.24) is 0 Å². The quantitative estimate of drug-likeness (QED) is 0.481. The van der Waals surface area contributed by atoms with E-state index in [4.69, 9.17) is 0 Å². The zero-order chi connectivity index (χ0) is 10.7. The molecule has 0 aromatic carbocycles. The van der Waals surface area contributed by atoms with Crippen LogP contribution in [0.3, 0.4) is 0 Å². The Kier molecular flexibility index (Phi) is 3.80. The summed E-state index contributed by atoms with van der Waals surface area (Å²) >= 11 is 0. The van der Waals surface area contributed by atoms with Crippen LogP contribution in [0.4, 0.5) is 4.39 Å². The van der Waals surface area contributed by atoms with Crippen LogP contribution in [0.2, 0.25) is 0 Å². The van der Waals surface area contributed by atoms with Crippen molar-refractivity contribution in [3.63, 3.8) is 0 Å². The van der Waals surface area contributed by atoms with Crippen LogP contribution >= 0.6 is 0 Å². The Morgan fingerprint density at radius 1 is 1.54 bits per heavy atom. The molecule has 0 heterocycles. The van der Waals surface area contributed by atoms with Crippen LogP contribution in [0.1, 0.15) is 6.92 Å². The summed E-state index contributed by atoms with van der Waals surface area (Å²) in [6.07, 6.45) is 0.764. The van der Waals surface area contributed by atoms with Crippen molar-refractivity contribution >= 4 is 16.1 Å². The van der Waals surface area contributed by atoms with E-state index in [-0.39, 0.29) is 0 Å². The highest BCUT2D eigenvalue weighted by molar-refractivity contribution is 7.85. The van der Waals surface area contributed by atoms with E-state index in [2.05, 4.69) is 8.92 Å². The van der Waals surface area contributed by atoms with Gasteiger partial charge in [0.2, 0.25) is 5.67 Å². The van der Waals surface area contributed by atoms with Gasteiger partial charge in [0.05, 0.1) is 13.4 Å². The molecule has 0 amide bonds. The lowest BCUT2D eigenvalue weighted by Gasteiger charge is -2.15. The van der Waals surface area contributed by atoms with Crippen molar-refractivity contribution in [1.29, 1.82) is 0 Å². The number of esters is 1. The van der Waals surface area contributed by atoms with E-state index in [1.807, 2.05) is 0 Å². The predicted molar refractivity (Wildman–Crippen MR) is 42.3 cm³/mol. The summed E-state index contributed by atoms with van der Waals surface area (Å²) in [6.45, 7) is 0.00250. The predicted octanol–water partition coefficient (Wildman–Crippen LogP) is -0.136. The standard InChI is InChI=1S/C6H11FO5S/c1-6(7,5(8)11-2)4-12-13(3,9)10/h4H2,1-3H3. The minimum Gasteiger partial charge on any atom is -0.467 e.